The van der Waals surface area contributed by atoms with Crippen molar-refractivity contribution in [3.63, 3.8) is 0 Å². The molecule has 1 aromatic rings. The fraction of sp³-hybridized carbons (Fsp3) is 0.412. The summed E-state index contributed by atoms with van der Waals surface area (Å²) < 4.78 is 0. The van der Waals surface area contributed by atoms with Gasteiger partial charge in [-0.05, 0) is 37.3 Å². The molecule has 124 valence electrons. The standard InChI is InChI=1S/C17H17N3O4/c1-8(15(22)19-14-11(21)3-2-6-18-14)20-16(23)12-9-4-5-10(7-9)13(12)17(20)24/h2-6,8-10,12-13,21H,7H2,1H3,(H,18,19,22)/t8-,9+,10+,12+,13+/m1/s1. The number of amides is 3. The van der Waals surface area contributed by atoms with Crippen LogP contribution in [0.15, 0.2) is 30.5 Å². The van der Waals surface area contributed by atoms with Gasteiger partial charge in [0.25, 0.3) is 0 Å². The normalized spacial score (nSPS) is 31.5. The van der Waals surface area contributed by atoms with Gasteiger partial charge in [0.2, 0.25) is 17.7 Å². The Morgan fingerprint density at radius 1 is 1.29 bits per heavy atom. The van der Waals surface area contributed by atoms with Crippen molar-refractivity contribution in [1.29, 1.82) is 0 Å². The van der Waals surface area contributed by atoms with Gasteiger partial charge in [0.15, 0.2) is 11.6 Å². The van der Waals surface area contributed by atoms with Crippen molar-refractivity contribution >= 4 is 23.5 Å². The molecule has 2 heterocycles. The molecule has 2 aliphatic carbocycles. The van der Waals surface area contributed by atoms with E-state index in [9.17, 15) is 19.5 Å². The van der Waals surface area contributed by atoms with E-state index >= 15 is 0 Å². The van der Waals surface area contributed by atoms with E-state index in [1.54, 1.807) is 0 Å². The van der Waals surface area contributed by atoms with Crippen LogP contribution in [0.25, 0.3) is 0 Å². The Bertz CT molecular complexity index is 745. The summed E-state index contributed by atoms with van der Waals surface area (Å²) in [6.07, 6.45) is 6.30. The number of hydrogen-bond acceptors (Lipinski definition) is 5. The molecule has 3 aliphatic rings. The first-order chi connectivity index (χ1) is 11.5. The summed E-state index contributed by atoms with van der Waals surface area (Å²) in [4.78, 5) is 42.7. The summed E-state index contributed by atoms with van der Waals surface area (Å²) in [5.74, 6) is -1.69. The summed E-state index contributed by atoms with van der Waals surface area (Å²) in [7, 11) is 0. The van der Waals surface area contributed by atoms with Gasteiger partial charge in [-0.2, -0.15) is 0 Å². The molecule has 5 atom stereocenters. The van der Waals surface area contributed by atoms with Crippen molar-refractivity contribution < 1.29 is 19.5 Å². The van der Waals surface area contributed by atoms with E-state index < -0.39 is 11.9 Å². The maximum Gasteiger partial charge on any atom is 0.248 e. The Hall–Kier alpha value is -2.70. The van der Waals surface area contributed by atoms with Crippen molar-refractivity contribution in [2.75, 3.05) is 5.32 Å². The second-order valence-corrected chi connectivity index (χ2v) is 6.58. The highest BCUT2D eigenvalue weighted by Gasteiger charge is 2.60. The molecule has 0 radical (unpaired) electrons. The molecule has 1 saturated carbocycles. The molecule has 0 unspecified atom stereocenters. The van der Waals surface area contributed by atoms with E-state index in [1.165, 1.54) is 25.3 Å². The molecule has 2 bridgehead atoms. The smallest absolute Gasteiger partial charge is 0.248 e. The molecular weight excluding hydrogens is 310 g/mol. The molecule has 7 heteroatoms. The minimum absolute atomic E-state index is 0.00961. The molecular formula is C17H17N3O4. The highest BCUT2D eigenvalue weighted by atomic mass is 16.3. The number of nitrogens with zero attached hydrogens (tertiary/aromatic N) is 2. The largest absolute Gasteiger partial charge is 0.504 e. The van der Waals surface area contributed by atoms with E-state index in [0.29, 0.717) is 0 Å². The molecule has 0 spiro atoms. The van der Waals surface area contributed by atoms with E-state index in [1.807, 2.05) is 12.2 Å². The van der Waals surface area contributed by atoms with E-state index in [-0.39, 0.29) is 47.1 Å². The van der Waals surface area contributed by atoms with Crippen LogP contribution in [0.4, 0.5) is 5.82 Å². The van der Waals surface area contributed by atoms with Crippen LogP contribution in [0.1, 0.15) is 13.3 Å². The number of likely N-dealkylation sites (tertiary alicyclic amines) is 1. The molecule has 7 nitrogen and oxygen atoms in total. The van der Waals surface area contributed by atoms with Crippen molar-refractivity contribution in [3.8, 4) is 5.75 Å². The van der Waals surface area contributed by atoms with Crippen LogP contribution in [-0.2, 0) is 14.4 Å². The zero-order chi connectivity index (χ0) is 17.0. The van der Waals surface area contributed by atoms with Crippen LogP contribution < -0.4 is 5.32 Å². The number of aromatic nitrogens is 1. The first-order valence-electron chi connectivity index (χ1n) is 7.99. The quantitative estimate of drug-likeness (QED) is 0.635. The lowest BCUT2D eigenvalue weighted by Gasteiger charge is -2.23. The average Bonchev–Trinajstić information content (AvgIpc) is 3.23. The number of nitrogens with one attached hydrogen (secondary N) is 1. The van der Waals surface area contributed by atoms with Crippen molar-refractivity contribution in [3.05, 3.63) is 30.5 Å². The lowest BCUT2D eigenvalue weighted by Crippen LogP contribution is -2.46. The van der Waals surface area contributed by atoms with Crippen LogP contribution in [0.5, 0.6) is 5.75 Å². The van der Waals surface area contributed by atoms with Crippen molar-refractivity contribution in [1.82, 2.24) is 9.88 Å². The van der Waals surface area contributed by atoms with Crippen LogP contribution in [0, 0.1) is 23.7 Å². The zero-order valence-corrected chi connectivity index (χ0v) is 13.0. The SMILES string of the molecule is C[C@H](C(=O)Nc1ncccc1O)N1C(=O)[C@@H]2[C@@H](C1=O)[C@H]1C=C[C@H]2C1. The van der Waals surface area contributed by atoms with Gasteiger partial charge in [-0.3, -0.25) is 19.3 Å². The summed E-state index contributed by atoms with van der Waals surface area (Å²) in [5, 5.41) is 12.2. The molecule has 1 saturated heterocycles. The molecule has 1 aliphatic heterocycles. The van der Waals surface area contributed by atoms with Gasteiger partial charge >= 0.3 is 0 Å². The van der Waals surface area contributed by atoms with Gasteiger partial charge in [0.1, 0.15) is 6.04 Å². The predicted octanol–water partition coefficient (Wildman–Crippen LogP) is 0.921. The maximum absolute atomic E-state index is 12.7. The number of imide groups is 1. The second kappa shape index (κ2) is 5.15. The van der Waals surface area contributed by atoms with Gasteiger partial charge < -0.3 is 10.4 Å². The summed E-state index contributed by atoms with van der Waals surface area (Å²) >= 11 is 0. The van der Waals surface area contributed by atoms with Gasteiger partial charge in [0.05, 0.1) is 11.8 Å². The van der Waals surface area contributed by atoms with Gasteiger partial charge in [-0.1, -0.05) is 12.2 Å². The molecule has 2 N–H and O–H groups in total. The highest BCUT2D eigenvalue weighted by Crippen LogP contribution is 2.52. The fourth-order valence-electron chi connectivity index (χ4n) is 4.14. The lowest BCUT2D eigenvalue weighted by molar-refractivity contribution is -0.146. The van der Waals surface area contributed by atoms with Crippen molar-refractivity contribution in [2.24, 2.45) is 23.7 Å². The van der Waals surface area contributed by atoms with Crippen molar-refractivity contribution in [2.45, 2.75) is 19.4 Å². The Morgan fingerprint density at radius 3 is 2.50 bits per heavy atom. The van der Waals surface area contributed by atoms with Crippen LogP contribution in [0.2, 0.25) is 0 Å². The van der Waals surface area contributed by atoms with E-state index in [2.05, 4.69) is 10.3 Å². The van der Waals surface area contributed by atoms with Gasteiger partial charge in [0, 0.05) is 6.20 Å². The number of aromatic hydroxyl groups is 1. The number of carbonyl (C=O) groups is 3. The second-order valence-electron chi connectivity index (χ2n) is 6.58. The average molecular weight is 327 g/mol. The number of carbonyl (C=O) groups excluding carboxylic acids is 3. The number of rotatable bonds is 3. The summed E-state index contributed by atoms with van der Waals surface area (Å²) in [5.41, 5.74) is 0. The zero-order valence-electron chi connectivity index (χ0n) is 13.0. The topological polar surface area (TPSA) is 99.6 Å². The van der Waals surface area contributed by atoms with E-state index in [0.717, 1.165) is 11.3 Å². The first kappa shape index (κ1) is 14.9. The van der Waals surface area contributed by atoms with Gasteiger partial charge in [-0.25, -0.2) is 4.98 Å². The number of allylic oxidation sites excluding steroid dienone is 2. The predicted molar refractivity (Wildman–Crippen MR) is 83.6 cm³/mol. The number of anilines is 1. The Kier molecular flexibility index (Phi) is 3.19. The lowest BCUT2D eigenvalue weighted by atomic mass is 9.85. The van der Waals surface area contributed by atoms with E-state index in [4.69, 9.17) is 0 Å². The molecule has 3 amide bonds. The third kappa shape index (κ3) is 1.97. The highest BCUT2D eigenvalue weighted by molar-refractivity contribution is 6.10. The van der Waals surface area contributed by atoms with Crippen LogP contribution in [-0.4, -0.2) is 38.8 Å². The Labute approximate surface area is 138 Å². The minimum Gasteiger partial charge on any atom is -0.504 e. The molecule has 0 aromatic carbocycles. The third-order valence-corrected chi connectivity index (χ3v) is 5.30. The molecule has 4 rings (SSSR count). The summed E-state index contributed by atoms with van der Waals surface area (Å²) in [6, 6.07) is 1.98. The fourth-order valence-corrected chi connectivity index (χ4v) is 4.14. The third-order valence-electron chi connectivity index (χ3n) is 5.30. The number of hydrogen-bond donors (Lipinski definition) is 2. The van der Waals surface area contributed by atoms with Crippen LogP contribution >= 0.6 is 0 Å². The summed E-state index contributed by atoms with van der Waals surface area (Å²) in [6.45, 7) is 1.52. The number of fused-ring (bicyclic) bond motifs is 5. The maximum atomic E-state index is 12.7. The Morgan fingerprint density at radius 2 is 1.92 bits per heavy atom. The first-order valence-corrected chi connectivity index (χ1v) is 7.99. The monoisotopic (exact) mass is 327 g/mol. The molecule has 1 aromatic heterocycles. The number of pyridine rings is 1. The molecule has 24 heavy (non-hydrogen) atoms. The molecule has 2 fully saturated rings. The van der Waals surface area contributed by atoms with Gasteiger partial charge in [-0.15, -0.1) is 0 Å². The minimum atomic E-state index is -0.948. The Balaban J connectivity index is 1.54. The van der Waals surface area contributed by atoms with Crippen LogP contribution in [0.3, 0.4) is 0 Å².